The molecule has 2 aromatic carbocycles. The summed E-state index contributed by atoms with van der Waals surface area (Å²) in [5.74, 6) is 0.169. The number of nitrogens with one attached hydrogen (secondary N) is 3. The lowest BCUT2D eigenvalue weighted by Gasteiger charge is -2.19. The Morgan fingerprint density at radius 2 is 2.00 bits per heavy atom. The minimum atomic E-state index is -0.542. The summed E-state index contributed by atoms with van der Waals surface area (Å²) in [5, 5.41) is 13.8. The van der Waals surface area contributed by atoms with Gasteiger partial charge < -0.3 is 15.4 Å². The fourth-order valence-electron chi connectivity index (χ4n) is 3.07. The van der Waals surface area contributed by atoms with Gasteiger partial charge in [0.2, 0.25) is 0 Å². The summed E-state index contributed by atoms with van der Waals surface area (Å²) < 4.78 is 6.28. The van der Waals surface area contributed by atoms with Crippen LogP contribution in [0.3, 0.4) is 0 Å². The molecule has 3 N–H and O–H groups in total. The number of benzene rings is 2. The van der Waals surface area contributed by atoms with Crippen LogP contribution in [0.15, 0.2) is 36.4 Å². The van der Waals surface area contributed by atoms with Gasteiger partial charge >= 0.3 is 6.09 Å². The topological polar surface area (TPSA) is 96.1 Å². The number of carbonyl (C=O) groups excluding carboxylic acids is 2. The molecule has 1 aromatic heterocycles. The molecule has 0 aliphatic carbocycles. The van der Waals surface area contributed by atoms with Gasteiger partial charge in [-0.3, -0.25) is 9.89 Å². The lowest BCUT2D eigenvalue weighted by molar-refractivity contribution is -0.110. The summed E-state index contributed by atoms with van der Waals surface area (Å²) in [6, 6.07) is 10.9. The fraction of sp³-hybridized carbons (Fsp3) is 0.190. The second-order valence-electron chi connectivity index (χ2n) is 7.80. The summed E-state index contributed by atoms with van der Waals surface area (Å²) in [4.78, 5) is 24.6. The van der Waals surface area contributed by atoms with E-state index in [1.54, 1.807) is 18.2 Å². The highest BCUT2D eigenvalue weighted by Gasteiger charge is 2.25. The van der Waals surface area contributed by atoms with Crippen molar-refractivity contribution in [2.24, 2.45) is 0 Å². The third-order valence-electron chi connectivity index (χ3n) is 4.31. The molecule has 2 heterocycles. The number of ether oxygens (including phenoxy) is 1. The summed E-state index contributed by atoms with van der Waals surface area (Å²) in [7, 11) is 0. The van der Waals surface area contributed by atoms with E-state index >= 15 is 0 Å². The summed E-state index contributed by atoms with van der Waals surface area (Å²) >= 11 is 2.17. The van der Waals surface area contributed by atoms with E-state index in [0.717, 1.165) is 20.2 Å². The molecule has 1 aliphatic rings. The average Bonchev–Trinajstić information content (AvgIpc) is 3.14. The molecule has 8 heteroatoms. The van der Waals surface area contributed by atoms with Gasteiger partial charge in [-0.25, -0.2) is 4.79 Å². The molecule has 2 amide bonds. The molecule has 29 heavy (non-hydrogen) atoms. The Balaban J connectivity index is 1.65. The first kappa shape index (κ1) is 19.4. The Hall–Kier alpha value is -2.88. The highest BCUT2D eigenvalue weighted by Crippen LogP contribution is 2.36. The van der Waals surface area contributed by atoms with Crippen molar-refractivity contribution in [3.63, 3.8) is 0 Å². The van der Waals surface area contributed by atoms with E-state index in [1.807, 2.05) is 45.0 Å². The molecule has 1 aliphatic heterocycles. The van der Waals surface area contributed by atoms with Crippen molar-refractivity contribution < 1.29 is 14.3 Å². The average molecular weight is 502 g/mol. The van der Waals surface area contributed by atoms with E-state index in [2.05, 4.69) is 43.4 Å². The number of nitrogens with zero attached hydrogens (tertiary/aromatic N) is 1. The number of fused-ring (bicyclic) bond motifs is 2. The highest BCUT2D eigenvalue weighted by atomic mass is 127. The van der Waals surface area contributed by atoms with E-state index in [1.165, 1.54) is 0 Å². The predicted octanol–water partition coefficient (Wildman–Crippen LogP) is 4.55. The molecule has 0 spiro atoms. The predicted molar refractivity (Wildman–Crippen MR) is 121 cm³/mol. The van der Waals surface area contributed by atoms with Crippen LogP contribution in [0.1, 0.15) is 31.9 Å². The third kappa shape index (κ3) is 4.12. The van der Waals surface area contributed by atoms with Gasteiger partial charge in [-0.2, -0.15) is 5.10 Å². The van der Waals surface area contributed by atoms with Gasteiger partial charge in [-0.05, 0) is 85.3 Å². The van der Waals surface area contributed by atoms with Crippen molar-refractivity contribution >= 4 is 62.8 Å². The van der Waals surface area contributed by atoms with Crippen LogP contribution in [-0.2, 0) is 4.79 Å². The molecular weight excluding hydrogens is 483 g/mol. The Kier molecular flexibility index (Phi) is 4.81. The second kappa shape index (κ2) is 7.18. The highest BCUT2D eigenvalue weighted by molar-refractivity contribution is 14.1. The molecule has 7 nitrogen and oxygen atoms in total. The van der Waals surface area contributed by atoms with Crippen LogP contribution < -0.4 is 15.4 Å². The van der Waals surface area contributed by atoms with Crippen molar-refractivity contribution in [3.05, 3.63) is 51.2 Å². The number of hydrogen-bond donors (Lipinski definition) is 3. The molecule has 0 fully saturated rings. The van der Waals surface area contributed by atoms with E-state index in [9.17, 15) is 9.59 Å². The SMILES string of the molecule is CC(C)(C)NC(=O)Oc1ccc2c(c1)/C(=C\c1ccc3c(I)n[nH]c3c1)C(=O)N2. The van der Waals surface area contributed by atoms with Crippen molar-refractivity contribution in [3.8, 4) is 5.75 Å². The third-order valence-corrected chi connectivity index (χ3v) is 5.14. The van der Waals surface area contributed by atoms with Crippen LogP contribution in [0.25, 0.3) is 22.6 Å². The maximum absolute atomic E-state index is 12.5. The molecule has 0 bridgehead atoms. The number of rotatable bonds is 2. The zero-order valence-corrected chi connectivity index (χ0v) is 18.2. The summed E-state index contributed by atoms with van der Waals surface area (Å²) in [6.45, 7) is 5.62. The second-order valence-corrected chi connectivity index (χ2v) is 8.83. The lowest BCUT2D eigenvalue weighted by atomic mass is 10.0. The zero-order chi connectivity index (χ0) is 20.8. The summed E-state index contributed by atoms with van der Waals surface area (Å²) in [5.41, 5.74) is 3.25. The normalized spacial score (nSPS) is 14.8. The maximum Gasteiger partial charge on any atom is 0.413 e. The first-order valence-corrected chi connectivity index (χ1v) is 10.1. The standard InChI is InChI=1S/C21H19IN4O3/c1-21(2,3)24-20(28)29-12-5-7-16-14(10-12)15(19(27)23-16)8-11-4-6-13-17(9-11)25-26-18(13)22/h4-10H,1-3H3,(H,23,27)(H,24,28)(H,25,26)/b15-8+. The van der Waals surface area contributed by atoms with Crippen LogP contribution >= 0.6 is 22.6 Å². The molecule has 0 saturated carbocycles. The van der Waals surface area contributed by atoms with Gasteiger partial charge in [0, 0.05) is 27.7 Å². The van der Waals surface area contributed by atoms with Gasteiger partial charge in [0.1, 0.15) is 9.45 Å². The molecule has 0 saturated heterocycles. The summed E-state index contributed by atoms with van der Waals surface area (Å²) in [6.07, 6.45) is 1.27. The van der Waals surface area contributed by atoms with Gasteiger partial charge in [-0.1, -0.05) is 6.07 Å². The Morgan fingerprint density at radius 1 is 1.21 bits per heavy atom. The number of amides is 2. The molecule has 0 unspecified atom stereocenters. The molecule has 148 valence electrons. The first-order chi connectivity index (χ1) is 13.7. The largest absolute Gasteiger partial charge is 0.413 e. The van der Waals surface area contributed by atoms with Crippen LogP contribution in [0.2, 0.25) is 0 Å². The number of anilines is 1. The van der Waals surface area contributed by atoms with Crippen LogP contribution in [0.4, 0.5) is 10.5 Å². The van der Waals surface area contributed by atoms with E-state index < -0.39 is 11.6 Å². The van der Waals surface area contributed by atoms with Crippen molar-refractivity contribution in [1.82, 2.24) is 15.5 Å². The fourth-order valence-corrected chi connectivity index (χ4v) is 3.66. The van der Waals surface area contributed by atoms with Gasteiger partial charge in [0.05, 0.1) is 5.52 Å². The maximum atomic E-state index is 12.5. The number of aromatic nitrogens is 2. The molecule has 3 aromatic rings. The van der Waals surface area contributed by atoms with Crippen molar-refractivity contribution in [2.75, 3.05) is 5.32 Å². The lowest BCUT2D eigenvalue weighted by Crippen LogP contribution is -2.42. The molecular formula is C21H19IN4O3. The Labute approximate surface area is 181 Å². The monoisotopic (exact) mass is 502 g/mol. The molecule has 0 radical (unpaired) electrons. The number of carbonyl (C=O) groups is 2. The zero-order valence-electron chi connectivity index (χ0n) is 16.1. The number of hydrogen-bond acceptors (Lipinski definition) is 4. The minimum absolute atomic E-state index is 0.199. The van der Waals surface area contributed by atoms with Gasteiger partial charge in [-0.15, -0.1) is 0 Å². The smallest absolute Gasteiger partial charge is 0.410 e. The van der Waals surface area contributed by atoms with Crippen LogP contribution in [0, 0.1) is 3.70 Å². The van der Waals surface area contributed by atoms with E-state index in [-0.39, 0.29) is 5.91 Å². The van der Waals surface area contributed by atoms with Gasteiger partial charge in [0.25, 0.3) is 5.91 Å². The first-order valence-electron chi connectivity index (χ1n) is 9.01. The van der Waals surface area contributed by atoms with Crippen LogP contribution in [-0.4, -0.2) is 27.7 Å². The van der Waals surface area contributed by atoms with E-state index in [4.69, 9.17) is 4.74 Å². The molecule has 0 atom stereocenters. The number of aromatic amines is 1. The molecule has 4 rings (SSSR count). The van der Waals surface area contributed by atoms with E-state index in [0.29, 0.717) is 22.6 Å². The number of halogens is 1. The van der Waals surface area contributed by atoms with Gasteiger partial charge in [0.15, 0.2) is 0 Å². The Bertz CT molecular complexity index is 1170. The minimum Gasteiger partial charge on any atom is -0.410 e. The Morgan fingerprint density at radius 3 is 2.76 bits per heavy atom. The van der Waals surface area contributed by atoms with Crippen molar-refractivity contribution in [1.29, 1.82) is 0 Å². The number of H-pyrrole nitrogens is 1. The van der Waals surface area contributed by atoms with Crippen LogP contribution in [0.5, 0.6) is 5.75 Å². The quantitative estimate of drug-likeness (QED) is 0.354. The van der Waals surface area contributed by atoms with Crippen molar-refractivity contribution in [2.45, 2.75) is 26.3 Å².